The molecule has 0 radical (unpaired) electrons. The molecule has 134 valence electrons. The smallest absolute Gasteiger partial charge is 0.233 e. The van der Waals surface area contributed by atoms with Crippen molar-refractivity contribution in [1.82, 2.24) is 9.62 Å². The summed E-state index contributed by atoms with van der Waals surface area (Å²) in [5.41, 5.74) is 1.82. The van der Waals surface area contributed by atoms with E-state index in [9.17, 15) is 8.42 Å². The van der Waals surface area contributed by atoms with Crippen LogP contribution in [0.2, 0.25) is 0 Å². The zero-order valence-corrected chi connectivity index (χ0v) is 15.5. The minimum Gasteiger partial charge on any atom is -0.497 e. The van der Waals surface area contributed by atoms with Crippen LogP contribution in [0.25, 0.3) is 6.08 Å². The van der Waals surface area contributed by atoms with Gasteiger partial charge in [0.05, 0.1) is 7.11 Å². The maximum Gasteiger partial charge on any atom is 0.233 e. The van der Waals surface area contributed by atoms with Crippen molar-refractivity contribution in [3.8, 4) is 5.75 Å². The molecule has 0 bridgehead atoms. The molecule has 1 unspecified atom stereocenters. The van der Waals surface area contributed by atoms with Gasteiger partial charge in [0, 0.05) is 18.0 Å². The number of benzene rings is 2. The van der Waals surface area contributed by atoms with E-state index in [1.165, 1.54) is 5.41 Å². The van der Waals surface area contributed by atoms with Crippen LogP contribution in [0.4, 0.5) is 0 Å². The van der Waals surface area contributed by atoms with Crippen LogP contribution in [0.3, 0.4) is 0 Å². The largest absolute Gasteiger partial charge is 0.497 e. The van der Waals surface area contributed by atoms with E-state index >= 15 is 0 Å². The summed E-state index contributed by atoms with van der Waals surface area (Å²) in [6, 6.07) is 16.9. The molecule has 0 saturated carbocycles. The second kappa shape index (κ2) is 8.80. The Hall–Kier alpha value is -2.15. The molecule has 2 aromatic rings. The standard InChI is InChI=1S/C19H24N2O3S/c1-21(2)19(17-10-7-11-18(14-17)24-3)15-20-25(22,23)13-12-16-8-5-4-6-9-16/h4-14,19-20H,15H2,1-3H3/b13-12+. The molecular weight excluding hydrogens is 336 g/mol. The number of nitrogens with one attached hydrogen (secondary N) is 1. The third-order valence-electron chi connectivity index (χ3n) is 3.82. The third kappa shape index (κ3) is 6.01. The average molecular weight is 360 g/mol. The summed E-state index contributed by atoms with van der Waals surface area (Å²) in [6.45, 7) is 0.266. The van der Waals surface area contributed by atoms with Gasteiger partial charge in [-0.1, -0.05) is 42.5 Å². The summed E-state index contributed by atoms with van der Waals surface area (Å²) >= 11 is 0. The van der Waals surface area contributed by atoms with Gasteiger partial charge in [0.1, 0.15) is 5.75 Å². The highest BCUT2D eigenvalue weighted by Gasteiger charge is 2.17. The number of methoxy groups -OCH3 is 1. The van der Waals surface area contributed by atoms with Gasteiger partial charge in [-0.2, -0.15) is 0 Å². The van der Waals surface area contributed by atoms with Crippen molar-refractivity contribution in [2.45, 2.75) is 6.04 Å². The molecular formula is C19H24N2O3S. The molecule has 0 aliphatic carbocycles. The van der Waals surface area contributed by atoms with Crippen molar-refractivity contribution >= 4 is 16.1 Å². The van der Waals surface area contributed by atoms with Crippen LogP contribution in [-0.4, -0.2) is 41.1 Å². The average Bonchev–Trinajstić information content (AvgIpc) is 2.61. The zero-order chi connectivity index (χ0) is 18.3. The second-order valence-electron chi connectivity index (χ2n) is 5.86. The molecule has 0 aliphatic heterocycles. The van der Waals surface area contributed by atoms with Gasteiger partial charge < -0.3 is 9.64 Å². The van der Waals surface area contributed by atoms with Crippen LogP contribution >= 0.6 is 0 Å². The molecule has 0 aliphatic rings. The molecule has 2 aromatic carbocycles. The van der Waals surface area contributed by atoms with Gasteiger partial charge in [0.25, 0.3) is 0 Å². The van der Waals surface area contributed by atoms with Gasteiger partial charge >= 0.3 is 0 Å². The van der Waals surface area contributed by atoms with Gasteiger partial charge in [0.15, 0.2) is 0 Å². The van der Waals surface area contributed by atoms with E-state index in [1.54, 1.807) is 13.2 Å². The Labute approximate surface area is 150 Å². The number of hydrogen-bond donors (Lipinski definition) is 1. The third-order valence-corrected chi connectivity index (χ3v) is 4.88. The maximum atomic E-state index is 12.2. The fraction of sp³-hybridized carbons (Fsp3) is 0.263. The van der Waals surface area contributed by atoms with Crippen molar-refractivity contribution < 1.29 is 13.2 Å². The first-order valence-electron chi connectivity index (χ1n) is 7.94. The van der Waals surface area contributed by atoms with Gasteiger partial charge in [-0.25, -0.2) is 13.1 Å². The Kier molecular flexibility index (Phi) is 6.75. The molecule has 0 heterocycles. The Morgan fingerprint density at radius 2 is 1.84 bits per heavy atom. The lowest BCUT2D eigenvalue weighted by Gasteiger charge is -2.25. The number of sulfonamides is 1. The quantitative estimate of drug-likeness (QED) is 0.786. The van der Waals surface area contributed by atoms with Crippen LogP contribution in [-0.2, 0) is 10.0 Å². The lowest BCUT2D eigenvalue weighted by Crippen LogP contribution is -2.33. The van der Waals surface area contributed by atoms with Crippen molar-refractivity contribution in [3.05, 3.63) is 71.1 Å². The zero-order valence-electron chi connectivity index (χ0n) is 14.7. The fourth-order valence-electron chi connectivity index (χ4n) is 2.42. The molecule has 0 amide bonds. The number of nitrogens with zero attached hydrogens (tertiary/aromatic N) is 1. The van der Waals surface area contributed by atoms with E-state index in [-0.39, 0.29) is 12.6 Å². The molecule has 1 atom stereocenters. The lowest BCUT2D eigenvalue weighted by molar-refractivity contribution is 0.298. The minimum atomic E-state index is -3.52. The molecule has 0 aromatic heterocycles. The van der Waals surface area contributed by atoms with Gasteiger partial charge in [-0.3, -0.25) is 0 Å². The number of likely N-dealkylation sites (N-methyl/N-ethyl adjacent to an activating group) is 1. The van der Waals surface area contributed by atoms with Crippen LogP contribution in [0.5, 0.6) is 5.75 Å². The summed E-state index contributed by atoms with van der Waals surface area (Å²) in [4.78, 5) is 1.97. The summed E-state index contributed by atoms with van der Waals surface area (Å²) < 4.78 is 32.4. The molecule has 5 nitrogen and oxygen atoms in total. The summed E-state index contributed by atoms with van der Waals surface area (Å²) in [7, 11) is 1.92. The predicted molar refractivity (Wildman–Crippen MR) is 102 cm³/mol. The Balaban J connectivity index is 2.08. The summed E-state index contributed by atoms with van der Waals surface area (Å²) in [6.07, 6.45) is 1.58. The van der Waals surface area contributed by atoms with E-state index in [2.05, 4.69) is 4.72 Å². The Morgan fingerprint density at radius 3 is 2.48 bits per heavy atom. The lowest BCUT2D eigenvalue weighted by atomic mass is 10.1. The van der Waals surface area contributed by atoms with Crippen molar-refractivity contribution in [2.24, 2.45) is 0 Å². The first-order chi connectivity index (χ1) is 11.9. The second-order valence-corrected chi connectivity index (χ2v) is 7.51. The van der Waals surface area contributed by atoms with E-state index in [4.69, 9.17) is 4.74 Å². The number of hydrogen-bond acceptors (Lipinski definition) is 4. The highest BCUT2D eigenvalue weighted by molar-refractivity contribution is 7.92. The highest BCUT2D eigenvalue weighted by atomic mass is 32.2. The van der Waals surface area contributed by atoms with Crippen LogP contribution in [0.1, 0.15) is 17.2 Å². The van der Waals surface area contributed by atoms with E-state index in [0.29, 0.717) is 0 Å². The highest BCUT2D eigenvalue weighted by Crippen LogP contribution is 2.22. The van der Waals surface area contributed by atoms with Crippen molar-refractivity contribution in [3.63, 3.8) is 0 Å². The number of rotatable bonds is 8. The summed E-state index contributed by atoms with van der Waals surface area (Å²) in [5, 5.41) is 1.20. The molecule has 2 rings (SSSR count). The van der Waals surface area contributed by atoms with Crippen LogP contribution in [0, 0.1) is 0 Å². The van der Waals surface area contributed by atoms with E-state index < -0.39 is 10.0 Å². The SMILES string of the molecule is COc1cccc(C(CNS(=O)(=O)/C=C/c2ccccc2)N(C)C)c1. The predicted octanol–water partition coefficient (Wildman–Crippen LogP) is 2.89. The Morgan fingerprint density at radius 1 is 1.12 bits per heavy atom. The first-order valence-corrected chi connectivity index (χ1v) is 9.49. The molecule has 0 fully saturated rings. The van der Waals surface area contributed by atoms with Crippen molar-refractivity contribution in [1.29, 1.82) is 0 Å². The maximum absolute atomic E-state index is 12.2. The van der Waals surface area contributed by atoms with Crippen LogP contribution in [0.15, 0.2) is 60.0 Å². The van der Waals surface area contributed by atoms with Crippen molar-refractivity contribution in [2.75, 3.05) is 27.7 Å². The van der Waals surface area contributed by atoms with E-state index in [0.717, 1.165) is 16.9 Å². The first kappa shape index (κ1) is 19.2. The summed E-state index contributed by atoms with van der Waals surface area (Å²) in [5.74, 6) is 0.746. The molecule has 0 saturated heterocycles. The fourth-order valence-corrected chi connectivity index (χ4v) is 3.25. The van der Waals surface area contributed by atoms with Crippen LogP contribution < -0.4 is 9.46 Å². The topological polar surface area (TPSA) is 58.6 Å². The monoisotopic (exact) mass is 360 g/mol. The molecule has 0 spiro atoms. The normalized spacial score (nSPS) is 13.3. The Bertz CT molecular complexity index is 802. The van der Waals surface area contributed by atoms with Gasteiger partial charge in [-0.05, 0) is 43.4 Å². The molecule has 6 heteroatoms. The molecule has 25 heavy (non-hydrogen) atoms. The minimum absolute atomic E-state index is 0.102. The van der Waals surface area contributed by atoms with E-state index in [1.807, 2.05) is 73.6 Å². The van der Waals surface area contributed by atoms with Gasteiger partial charge in [-0.15, -0.1) is 0 Å². The molecule has 1 N–H and O–H groups in total. The number of ether oxygens (including phenoxy) is 1. The van der Waals surface area contributed by atoms with Gasteiger partial charge in [0.2, 0.25) is 10.0 Å².